The number of imidazole rings is 1. The Morgan fingerprint density at radius 1 is 1.00 bits per heavy atom. The Hall–Kier alpha value is -4.18. The first-order chi connectivity index (χ1) is 20.8. The fraction of sp³-hybridized carbons (Fsp3) is 0.471. The minimum absolute atomic E-state index is 0.0329. The van der Waals surface area contributed by atoms with Crippen molar-refractivity contribution >= 4 is 17.9 Å². The molecule has 0 radical (unpaired) electrons. The Morgan fingerprint density at radius 2 is 1.59 bits per heavy atom. The fourth-order valence-corrected chi connectivity index (χ4v) is 5.36. The van der Waals surface area contributed by atoms with Gasteiger partial charge in [-0.3, -0.25) is 9.59 Å². The van der Waals surface area contributed by atoms with E-state index in [-0.39, 0.29) is 24.8 Å². The molecule has 0 bridgehead atoms. The van der Waals surface area contributed by atoms with Crippen LogP contribution in [0.5, 0.6) is 0 Å². The van der Waals surface area contributed by atoms with Crippen LogP contribution in [0.15, 0.2) is 73.2 Å². The molecule has 0 spiro atoms. The molecule has 5 N–H and O–H groups in total. The highest BCUT2D eigenvalue weighted by Gasteiger charge is 2.37. The lowest BCUT2D eigenvalue weighted by Gasteiger charge is -2.36. The van der Waals surface area contributed by atoms with Crippen LogP contribution in [0.2, 0.25) is 0 Å². The first-order valence-corrected chi connectivity index (χ1v) is 15.2. The quantitative estimate of drug-likeness (QED) is 0.205. The summed E-state index contributed by atoms with van der Waals surface area (Å²) in [6.45, 7) is 9.25. The standard InChI is InChI=1S/C34H47N5O5/c1-23(2)30(31(35)41)39(17-16-27-21-36-22-37-27)32(42)26(18-24-12-8-6-9-13-24)20-29(40)28(19-25-14-10-7-11-15-25)38-33(43)44-34(3,4)5/h6-15,21-23,26,28-30,40H,16-20H2,1-5H3,(H2,35,41)(H,36,37)(H,38,43). The first kappa shape index (κ1) is 34.3. The van der Waals surface area contributed by atoms with Crippen molar-refractivity contribution in [3.05, 3.63) is 90.0 Å². The molecule has 0 aliphatic rings. The number of aliphatic hydroxyl groups excluding tert-OH is 1. The Kier molecular flexibility index (Phi) is 12.5. The van der Waals surface area contributed by atoms with Crippen molar-refractivity contribution < 1.29 is 24.2 Å². The molecule has 1 aromatic heterocycles. The molecule has 4 atom stereocenters. The van der Waals surface area contributed by atoms with Gasteiger partial charge < -0.3 is 30.8 Å². The number of hydrogen-bond donors (Lipinski definition) is 4. The van der Waals surface area contributed by atoms with Gasteiger partial charge >= 0.3 is 6.09 Å². The van der Waals surface area contributed by atoms with Crippen LogP contribution in [0.4, 0.5) is 4.79 Å². The van der Waals surface area contributed by atoms with Crippen molar-refractivity contribution in [1.82, 2.24) is 20.2 Å². The maximum absolute atomic E-state index is 14.5. The molecule has 2 aromatic carbocycles. The minimum Gasteiger partial charge on any atom is -0.444 e. The van der Waals surface area contributed by atoms with E-state index < -0.39 is 41.7 Å². The van der Waals surface area contributed by atoms with Gasteiger partial charge in [0, 0.05) is 30.8 Å². The highest BCUT2D eigenvalue weighted by molar-refractivity contribution is 5.88. The number of H-pyrrole nitrogens is 1. The van der Waals surface area contributed by atoms with Gasteiger partial charge in [-0.2, -0.15) is 0 Å². The lowest BCUT2D eigenvalue weighted by Crippen LogP contribution is -2.54. The molecule has 10 heteroatoms. The van der Waals surface area contributed by atoms with Crippen molar-refractivity contribution in [1.29, 1.82) is 0 Å². The molecule has 3 aromatic rings. The second-order valence-electron chi connectivity index (χ2n) is 12.6. The molecule has 4 unspecified atom stereocenters. The zero-order valence-electron chi connectivity index (χ0n) is 26.4. The molecular weight excluding hydrogens is 558 g/mol. The van der Waals surface area contributed by atoms with Crippen LogP contribution >= 0.6 is 0 Å². The molecule has 3 amide bonds. The number of nitrogens with zero attached hydrogens (tertiary/aromatic N) is 2. The average molecular weight is 606 g/mol. The lowest BCUT2D eigenvalue weighted by molar-refractivity contribution is -0.145. The Balaban J connectivity index is 1.95. The predicted octanol–water partition coefficient (Wildman–Crippen LogP) is 4.04. The third-order valence-corrected chi connectivity index (χ3v) is 7.38. The SMILES string of the molecule is CC(C)C(C(N)=O)N(CCc1cnc[nH]1)C(=O)C(Cc1ccccc1)CC(O)C(Cc1ccccc1)NC(=O)OC(C)(C)C. The number of primary amides is 1. The van der Waals surface area contributed by atoms with Crippen LogP contribution in [-0.4, -0.2) is 68.2 Å². The van der Waals surface area contributed by atoms with E-state index in [0.29, 0.717) is 19.3 Å². The third kappa shape index (κ3) is 10.8. The van der Waals surface area contributed by atoms with E-state index in [1.54, 1.807) is 38.2 Å². The highest BCUT2D eigenvalue weighted by Crippen LogP contribution is 2.24. The normalized spacial score (nSPS) is 14.3. The van der Waals surface area contributed by atoms with Crippen molar-refractivity contribution in [3.8, 4) is 0 Å². The van der Waals surface area contributed by atoms with Gasteiger partial charge in [0.15, 0.2) is 0 Å². The van der Waals surface area contributed by atoms with Gasteiger partial charge in [0.2, 0.25) is 11.8 Å². The number of aromatic amines is 1. The van der Waals surface area contributed by atoms with Gasteiger partial charge in [0.05, 0.1) is 18.5 Å². The van der Waals surface area contributed by atoms with E-state index in [1.807, 2.05) is 74.5 Å². The van der Waals surface area contributed by atoms with Gasteiger partial charge in [0.25, 0.3) is 0 Å². The summed E-state index contributed by atoms with van der Waals surface area (Å²) in [5, 5.41) is 14.5. The average Bonchev–Trinajstić information content (AvgIpc) is 3.47. The molecule has 10 nitrogen and oxygen atoms in total. The molecule has 0 aliphatic heterocycles. The van der Waals surface area contributed by atoms with Crippen LogP contribution in [0, 0.1) is 11.8 Å². The van der Waals surface area contributed by atoms with Gasteiger partial charge in [-0.05, 0) is 57.1 Å². The monoisotopic (exact) mass is 605 g/mol. The maximum Gasteiger partial charge on any atom is 0.407 e. The van der Waals surface area contributed by atoms with Gasteiger partial charge in [-0.15, -0.1) is 0 Å². The number of ether oxygens (including phenoxy) is 1. The van der Waals surface area contributed by atoms with Crippen LogP contribution in [-0.2, 0) is 33.6 Å². The van der Waals surface area contributed by atoms with Crippen molar-refractivity contribution in [2.24, 2.45) is 17.6 Å². The predicted molar refractivity (Wildman–Crippen MR) is 169 cm³/mol. The second kappa shape index (κ2) is 16.0. The summed E-state index contributed by atoms with van der Waals surface area (Å²) in [7, 11) is 0. The van der Waals surface area contributed by atoms with E-state index in [1.165, 1.54) is 0 Å². The molecule has 0 fully saturated rings. The van der Waals surface area contributed by atoms with Gasteiger partial charge in [0.1, 0.15) is 11.6 Å². The summed E-state index contributed by atoms with van der Waals surface area (Å²) >= 11 is 0. The number of carbonyl (C=O) groups is 3. The smallest absolute Gasteiger partial charge is 0.407 e. The number of rotatable bonds is 15. The second-order valence-corrected chi connectivity index (χ2v) is 12.6. The van der Waals surface area contributed by atoms with Crippen molar-refractivity contribution in [2.75, 3.05) is 6.54 Å². The summed E-state index contributed by atoms with van der Waals surface area (Å²) in [6.07, 6.45) is 2.61. The number of alkyl carbamates (subject to hydrolysis) is 1. The zero-order valence-corrected chi connectivity index (χ0v) is 26.4. The summed E-state index contributed by atoms with van der Waals surface area (Å²) in [5.41, 5.74) is 7.76. The maximum atomic E-state index is 14.5. The first-order valence-electron chi connectivity index (χ1n) is 15.2. The van der Waals surface area contributed by atoms with E-state index in [9.17, 15) is 19.5 Å². The van der Waals surface area contributed by atoms with Crippen molar-refractivity contribution in [3.63, 3.8) is 0 Å². The fourth-order valence-electron chi connectivity index (χ4n) is 5.36. The Morgan fingerprint density at radius 3 is 2.09 bits per heavy atom. The Bertz CT molecular complexity index is 1310. The molecule has 0 saturated carbocycles. The number of benzene rings is 2. The van der Waals surface area contributed by atoms with E-state index in [0.717, 1.165) is 16.8 Å². The summed E-state index contributed by atoms with van der Waals surface area (Å²) in [5.74, 6) is -1.83. The molecule has 44 heavy (non-hydrogen) atoms. The number of hydrogen-bond acceptors (Lipinski definition) is 6. The molecule has 0 saturated heterocycles. The van der Waals surface area contributed by atoms with Gasteiger partial charge in [-0.1, -0.05) is 74.5 Å². The van der Waals surface area contributed by atoms with E-state index in [2.05, 4.69) is 15.3 Å². The number of amides is 3. The van der Waals surface area contributed by atoms with E-state index >= 15 is 0 Å². The number of nitrogens with two attached hydrogens (primary N) is 1. The van der Waals surface area contributed by atoms with Gasteiger partial charge in [-0.25, -0.2) is 9.78 Å². The number of carbonyl (C=O) groups excluding carboxylic acids is 3. The summed E-state index contributed by atoms with van der Waals surface area (Å²) in [4.78, 5) is 48.6. The van der Waals surface area contributed by atoms with Crippen LogP contribution in [0.1, 0.15) is 57.9 Å². The van der Waals surface area contributed by atoms with Crippen LogP contribution in [0.25, 0.3) is 0 Å². The zero-order chi connectivity index (χ0) is 32.3. The number of aromatic nitrogens is 2. The number of nitrogens with one attached hydrogen (secondary N) is 2. The minimum atomic E-state index is -1.11. The van der Waals surface area contributed by atoms with Crippen molar-refractivity contribution in [2.45, 2.75) is 84.1 Å². The molecule has 238 valence electrons. The third-order valence-electron chi connectivity index (χ3n) is 7.38. The Labute approximate surface area is 260 Å². The highest BCUT2D eigenvalue weighted by atomic mass is 16.6. The molecule has 0 aliphatic carbocycles. The molecule has 3 rings (SSSR count). The van der Waals surface area contributed by atoms with Crippen LogP contribution < -0.4 is 11.1 Å². The largest absolute Gasteiger partial charge is 0.444 e. The molecule has 1 heterocycles. The number of aliphatic hydroxyl groups is 1. The topological polar surface area (TPSA) is 151 Å². The summed E-state index contributed by atoms with van der Waals surface area (Å²) < 4.78 is 5.50. The van der Waals surface area contributed by atoms with E-state index in [4.69, 9.17) is 10.5 Å². The molecular formula is C34H47N5O5. The summed E-state index contributed by atoms with van der Waals surface area (Å²) in [6, 6.07) is 17.5. The van der Waals surface area contributed by atoms with Crippen LogP contribution in [0.3, 0.4) is 0 Å². The lowest BCUT2D eigenvalue weighted by atomic mass is 9.87.